The summed E-state index contributed by atoms with van der Waals surface area (Å²) in [4.78, 5) is 18.0. The number of hydrogen-bond acceptors (Lipinski definition) is 4. The molecule has 1 N–H and O–H groups in total. The van der Waals surface area contributed by atoms with Gasteiger partial charge in [0.25, 0.3) is 0 Å². The molecule has 0 saturated carbocycles. The van der Waals surface area contributed by atoms with Crippen molar-refractivity contribution in [3.05, 3.63) is 29.0 Å². The average molecular weight is 326 g/mol. The summed E-state index contributed by atoms with van der Waals surface area (Å²) in [6.07, 6.45) is 3.58. The first-order chi connectivity index (χ1) is 10.3. The lowest BCUT2D eigenvalue weighted by Crippen LogP contribution is -2.49. The lowest BCUT2D eigenvalue weighted by Gasteiger charge is -2.34. The second kappa shape index (κ2) is 7.29. The number of hydrogen-bond donors (Lipinski definition) is 1. The molecule has 0 spiro atoms. The van der Waals surface area contributed by atoms with Crippen LogP contribution in [0.1, 0.15) is 39.2 Å². The number of carbonyl (C=O) groups is 1. The molecule has 1 aliphatic rings. The molecule has 1 amide bonds. The van der Waals surface area contributed by atoms with Gasteiger partial charge in [-0.15, -0.1) is 0 Å². The molecule has 5 nitrogen and oxygen atoms in total. The van der Waals surface area contributed by atoms with Crippen LogP contribution in [-0.2, 0) is 11.3 Å². The van der Waals surface area contributed by atoms with E-state index in [9.17, 15) is 4.79 Å². The quantitative estimate of drug-likeness (QED) is 0.867. The Morgan fingerprint density at radius 1 is 1.50 bits per heavy atom. The molecule has 1 aliphatic heterocycles. The Balaban J connectivity index is 1.82. The number of aromatic nitrogens is 1. The lowest BCUT2D eigenvalue weighted by molar-refractivity contribution is 0.0187. The van der Waals surface area contributed by atoms with Crippen LogP contribution < -0.4 is 5.32 Å². The van der Waals surface area contributed by atoms with Gasteiger partial charge < -0.3 is 15.0 Å². The molecule has 0 bridgehead atoms. The normalized spacial score (nSPS) is 19.1. The molecule has 1 fully saturated rings. The van der Waals surface area contributed by atoms with Crippen LogP contribution >= 0.6 is 11.6 Å². The summed E-state index contributed by atoms with van der Waals surface area (Å²) in [6, 6.07) is 4.01. The molecule has 1 aromatic rings. The van der Waals surface area contributed by atoms with Crippen molar-refractivity contribution in [3.8, 4) is 0 Å². The number of amides is 1. The molecule has 22 heavy (non-hydrogen) atoms. The van der Waals surface area contributed by atoms with E-state index in [1.165, 1.54) is 0 Å². The minimum Gasteiger partial charge on any atom is -0.444 e. The maximum atomic E-state index is 12.1. The van der Waals surface area contributed by atoms with Gasteiger partial charge >= 0.3 is 6.09 Å². The van der Waals surface area contributed by atoms with Crippen LogP contribution in [0.15, 0.2) is 18.3 Å². The van der Waals surface area contributed by atoms with E-state index in [1.54, 1.807) is 17.2 Å². The van der Waals surface area contributed by atoms with Crippen molar-refractivity contribution in [2.45, 2.75) is 51.8 Å². The number of pyridine rings is 1. The number of ether oxygens (including phenoxy) is 1. The topological polar surface area (TPSA) is 54.5 Å². The Morgan fingerprint density at radius 2 is 2.27 bits per heavy atom. The van der Waals surface area contributed by atoms with Crippen LogP contribution in [0.2, 0.25) is 5.15 Å². The first-order valence-corrected chi connectivity index (χ1v) is 8.03. The average Bonchev–Trinajstić information content (AvgIpc) is 2.45. The van der Waals surface area contributed by atoms with Crippen LogP contribution in [0.25, 0.3) is 0 Å². The van der Waals surface area contributed by atoms with Crippen molar-refractivity contribution in [1.29, 1.82) is 0 Å². The Bertz CT molecular complexity index is 499. The third kappa shape index (κ3) is 5.46. The summed E-state index contributed by atoms with van der Waals surface area (Å²) in [5, 5.41) is 3.97. The van der Waals surface area contributed by atoms with Crippen LogP contribution in [-0.4, -0.2) is 40.7 Å². The molecule has 1 saturated heterocycles. The van der Waals surface area contributed by atoms with Crippen molar-refractivity contribution in [2.24, 2.45) is 0 Å². The highest BCUT2D eigenvalue weighted by Crippen LogP contribution is 2.16. The zero-order valence-corrected chi connectivity index (χ0v) is 14.2. The van der Waals surface area contributed by atoms with E-state index in [0.717, 1.165) is 31.5 Å². The van der Waals surface area contributed by atoms with Gasteiger partial charge in [0.05, 0.1) is 0 Å². The molecule has 122 valence electrons. The molecule has 2 heterocycles. The van der Waals surface area contributed by atoms with Crippen molar-refractivity contribution >= 4 is 17.7 Å². The highest BCUT2D eigenvalue weighted by Gasteiger charge is 2.27. The Kier molecular flexibility index (Phi) is 5.64. The lowest BCUT2D eigenvalue weighted by atomic mass is 10.1. The summed E-state index contributed by atoms with van der Waals surface area (Å²) >= 11 is 5.78. The second-order valence-corrected chi connectivity index (χ2v) is 7.02. The molecule has 1 atom stereocenters. The van der Waals surface area contributed by atoms with Crippen LogP contribution in [0.4, 0.5) is 4.79 Å². The molecule has 0 radical (unpaired) electrons. The molecule has 2 rings (SSSR count). The maximum absolute atomic E-state index is 12.1. The van der Waals surface area contributed by atoms with Gasteiger partial charge in [-0.1, -0.05) is 17.7 Å². The van der Waals surface area contributed by atoms with E-state index < -0.39 is 5.60 Å². The highest BCUT2D eigenvalue weighted by molar-refractivity contribution is 6.29. The van der Waals surface area contributed by atoms with Crippen molar-refractivity contribution in [1.82, 2.24) is 15.2 Å². The smallest absolute Gasteiger partial charge is 0.410 e. The molecule has 6 heteroatoms. The zero-order chi connectivity index (χ0) is 16.2. The van der Waals surface area contributed by atoms with E-state index in [1.807, 2.05) is 26.8 Å². The maximum Gasteiger partial charge on any atom is 0.410 e. The monoisotopic (exact) mass is 325 g/mol. The summed E-state index contributed by atoms with van der Waals surface area (Å²) in [5.41, 5.74) is 0.630. The first kappa shape index (κ1) is 17.0. The molecule has 0 aliphatic carbocycles. The molecule has 1 aromatic heterocycles. The number of piperidine rings is 1. The number of nitrogens with zero attached hydrogens (tertiary/aromatic N) is 2. The van der Waals surface area contributed by atoms with Crippen molar-refractivity contribution in [3.63, 3.8) is 0 Å². The molecule has 0 aromatic carbocycles. The van der Waals surface area contributed by atoms with Gasteiger partial charge in [-0.25, -0.2) is 9.78 Å². The number of carbonyl (C=O) groups excluding carboxylic acids is 1. The van der Waals surface area contributed by atoms with Gasteiger partial charge in [-0.05, 0) is 45.2 Å². The minimum atomic E-state index is -0.452. The fourth-order valence-corrected chi connectivity index (χ4v) is 2.52. The van der Waals surface area contributed by atoms with E-state index in [-0.39, 0.29) is 12.1 Å². The SMILES string of the molecule is CC(C)(C)OC(=O)N1CCC[C@H](NCc2ccc(Cl)nc2)C1. The number of halogens is 1. The summed E-state index contributed by atoms with van der Waals surface area (Å²) < 4.78 is 5.44. The van der Waals surface area contributed by atoms with Gasteiger partial charge in [0, 0.05) is 31.9 Å². The van der Waals surface area contributed by atoms with E-state index >= 15 is 0 Å². The number of likely N-dealkylation sites (tertiary alicyclic amines) is 1. The Hall–Kier alpha value is -1.33. The molecule has 0 unspecified atom stereocenters. The third-order valence-electron chi connectivity index (χ3n) is 3.46. The predicted molar refractivity (Wildman–Crippen MR) is 86.9 cm³/mol. The van der Waals surface area contributed by atoms with E-state index in [2.05, 4.69) is 10.3 Å². The zero-order valence-electron chi connectivity index (χ0n) is 13.4. The van der Waals surface area contributed by atoms with E-state index in [0.29, 0.717) is 11.7 Å². The Morgan fingerprint density at radius 3 is 2.91 bits per heavy atom. The summed E-state index contributed by atoms with van der Waals surface area (Å²) in [7, 11) is 0. The fraction of sp³-hybridized carbons (Fsp3) is 0.625. The summed E-state index contributed by atoms with van der Waals surface area (Å²) in [5.74, 6) is 0. The summed E-state index contributed by atoms with van der Waals surface area (Å²) in [6.45, 7) is 7.82. The van der Waals surface area contributed by atoms with Gasteiger partial charge in [0.2, 0.25) is 0 Å². The standard InChI is InChI=1S/C16H24ClN3O2/c1-16(2,3)22-15(21)20-8-4-5-13(11-20)18-9-12-6-7-14(17)19-10-12/h6-7,10,13,18H,4-5,8-9,11H2,1-3H3/t13-/m0/s1. The van der Waals surface area contributed by atoms with Crippen LogP contribution in [0.5, 0.6) is 0 Å². The number of nitrogens with one attached hydrogen (secondary N) is 1. The van der Waals surface area contributed by atoms with E-state index in [4.69, 9.17) is 16.3 Å². The highest BCUT2D eigenvalue weighted by atomic mass is 35.5. The van der Waals surface area contributed by atoms with Gasteiger partial charge in [-0.3, -0.25) is 0 Å². The predicted octanol–water partition coefficient (Wildman–Crippen LogP) is 3.22. The Labute approximate surface area is 137 Å². The molecular weight excluding hydrogens is 302 g/mol. The second-order valence-electron chi connectivity index (χ2n) is 6.64. The van der Waals surface area contributed by atoms with Crippen LogP contribution in [0.3, 0.4) is 0 Å². The fourth-order valence-electron chi connectivity index (χ4n) is 2.41. The van der Waals surface area contributed by atoms with Crippen LogP contribution in [0, 0.1) is 0 Å². The third-order valence-corrected chi connectivity index (χ3v) is 3.68. The minimum absolute atomic E-state index is 0.229. The first-order valence-electron chi connectivity index (χ1n) is 7.65. The molecular formula is C16H24ClN3O2. The number of rotatable bonds is 3. The van der Waals surface area contributed by atoms with Gasteiger partial charge in [0.1, 0.15) is 10.8 Å². The van der Waals surface area contributed by atoms with Gasteiger partial charge in [-0.2, -0.15) is 0 Å². The van der Waals surface area contributed by atoms with Gasteiger partial charge in [0.15, 0.2) is 0 Å². The largest absolute Gasteiger partial charge is 0.444 e. The van der Waals surface area contributed by atoms with Crippen molar-refractivity contribution in [2.75, 3.05) is 13.1 Å². The van der Waals surface area contributed by atoms with Crippen molar-refractivity contribution < 1.29 is 9.53 Å².